The molecule has 0 aliphatic carbocycles. The molecule has 0 aromatic heterocycles. The van der Waals surface area contributed by atoms with Crippen LogP contribution in [0.1, 0.15) is 13.8 Å². The Bertz CT molecular complexity index is 649. The normalized spacial score (nSPS) is 11.3. The summed E-state index contributed by atoms with van der Waals surface area (Å²) in [5.41, 5.74) is 0.527. The predicted molar refractivity (Wildman–Crippen MR) is 80.6 cm³/mol. The molecule has 0 fully saturated rings. The average molecular weight is 291 g/mol. The summed E-state index contributed by atoms with van der Waals surface area (Å²) in [5, 5.41) is -0.470. The molecule has 0 atom stereocenters. The van der Waals surface area contributed by atoms with Crippen LogP contribution in [0.3, 0.4) is 0 Å². The number of sulfonamides is 1. The summed E-state index contributed by atoms with van der Waals surface area (Å²) in [4.78, 5) is 0. The highest BCUT2D eigenvalue weighted by molar-refractivity contribution is 7.93. The standard InChI is InChI=1S/C15H17NO3S/c1-12(2)20(17,18)16-13-8-10-15(11-9-13)19-14-6-4-3-5-7-14/h3-12,16H,1-2H3. The van der Waals surface area contributed by atoms with Gasteiger partial charge in [-0.15, -0.1) is 0 Å². The maximum absolute atomic E-state index is 11.7. The number of ether oxygens (including phenoxy) is 1. The number of benzene rings is 2. The van der Waals surface area contributed by atoms with Crippen molar-refractivity contribution >= 4 is 15.7 Å². The first-order chi connectivity index (χ1) is 9.47. The molecule has 0 unspecified atom stereocenters. The van der Waals surface area contributed by atoms with Crippen molar-refractivity contribution in [2.24, 2.45) is 0 Å². The molecule has 0 spiro atoms. The second-order valence-corrected chi connectivity index (χ2v) is 6.87. The topological polar surface area (TPSA) is 55.4 Å². The van der Waals surface area contributed by atoms with Gasteiger partial charge in [0.05, 0.1) is 5.25 Å². The van der Waals surface area contributed by atoms with Crippen molar-refractivity contribution < 1.29 is 13.2 Å². The second kappa shape index (κ2) is 5.96. The molecule has 0 bridgehead atoms. The molecule has 2 aromatic carbocycles. The quantitative estimate of drug-likeness (QED) is 0.915. The van der Waals surface area contributed by atoms with E-state index in [0.29, 0.717) is 11.4 Å². The molecule has 2 aromatic rings. The fourth-order valence-corrected chi connectivity index (χ4v) is 2.20. The van der Waals surface area contributed by atoms with E-state index < -0.39 is 15.3 Å². The van der Waals surface area contributed by atoms with Crippen molar-refractivity contribution in [2.45, 2.75) is 19.1 Å². The molecule has 0 radical (unpaired) electrons. The van der Waals surface area contributed by atoms with E-state index in [9.17, 15) is 8.42 Å². The highest BCUT2D eigenvalue weighted by Gasteiger charge is 2.15. The zero-order valence-electron chi connectivity index (χ0n) is 11.4. The van der Waals surface area contributed by atoms with Crippen LogP contribution in [-0.2, 0) is 10.0 Å². The van der Waals surface area contributed by atoms with E-state index in [1.54, 1.807) is 38.1 Å². The van der Waals surface area contributed by atoms with Crippen molar-refractivity contribution in [1.82, 2.24) is 0 Å². The van der Waals surface area contributed by atoms with Crippen LogP contribution in [0.2, 0.25) is 0 Å². The van der Waals surface area contributed by atoms with Gasteiger partial charge < -0.3 is 4.74 Å². The van der Waals surface area contributed by atoms with Gasteiger partial charge in [0, 0.05) is 5.69 Å². The summed E-state index contributed by atoms with van der Waals surface area (Å²) in [6.45, 7) is 3.27. The van der Waals surface area contributed by atoms with E-state index in [-0.39, 0.29) is 0 Å². The van der Waals surface area contributed by atoms with Crippen LogP contribution < -0.4 is 9.46 Å². The Morgan fingerprint density at radius 3 is 2.00 bits per heavy atom. The van der Waals surface area contributed by atoms with Crippen molar-refractivity contribution in [2.75, 3.05) is 4.72 Å². The first kappa shape index (κ1) is 14.4. The maximum atomic E-state index is 11.7. The van der Waals surface area contributed by atoms with Gasteiger partial charge in [0.25, 0.3) is 0 Å². The minimum atomic E-state index is -3.31. The monoisotopic (exact) mass is 291 g/mol. The van der Waals surface area contributed by atoms with E-state index in [1.807, 2.05) is 30.3 Å². The number of hydrogen-bond acceptors (Lipinski definition) is 3. The van der Waals surface area contributed by atoms with Gasteiger partial charge in [-0.1, -0.05) is 18.2 Å². The van der Waals surface area contributed by atoms with Gasteiger partial charge in [-0.05, 0) is 50.2 Å². The van der Waals surface area contributed by atoms with E-state index in [2.05, 4.69) is 4.72 Å². The molecule has 0 saturated heterocycles. The van der Waals surface area contributed by atoms with E-state index >= 15 is 0 Å². The van der Waals surface area contributed by atoms with E-state index in [4.69, 9.17) is 4.74 Å². The lowest BCUT2D eigenvalue weighted by atomic mass is 10.3. The summed E-state index contributed by atoms with van der Waals surface area (Å²) in [5.74, 6) is 1.40. The molecule has 0 amide bonds. The SMILES string of the molecule is CC(C)S(=O)(=O)Nc1ccc(Oc2ccccc2)cc1. The van der Waals surface area contributed by atoms with Gasteiger partial charge in [0.2, 0.25) is 10.0 Å². The summed E-state index contributed by atoms with van der Waals surface area (Å²) in [6.07, 6.45) is 0. The number of para-hydroxylation sites is 1. The second-order valence-electron chi connectivity index (χ2n) is 4.64. The van der Waals surface area contributed by atoms with E-state index in [1.165, 1.54) is 0 Å². The highest BCUT2D eigenvalue weighted by atomic mass is 32.2. The van der Waals surface area contributed by atoms with Crippen LogP contribution in [-0.4, -0.2) is 13.7 Å². The molecule has 5 heteroatoms. The van der Waals surface area contributed by atoms with Crippen LogP contribution in [0.5, 0.6) is 11.5 Å². The Hall–Kier alpha value is -2.01. The lowest BCUT2D eigenvalue weighted by molar-refractivity contribution is 0.483. The average Bonchev–Trinajstić information content (AvgIpc) is 2.42. The zero-order valence-corrected chi connectivity index (χ0v) is 12.2. The third kappa shape index (κ3) is 3.74. The van der Waals surface area contributed by atoms with Crippen LogP contribution >= 0.6 is 0 Å². The van der Waals surface area contributed by atoms with Crippen molar-refractivity contribution in [1.29, 1.82) is 0 Å². The molecule has 20 heavy (non-hydrogen) atoms. The Morgan fingerprint density at radius 2 is 1.45 bits per heavy atom. The summed E-state index contributed by atoms with van der Waals surface area (Å²) in [7, 11) is -3.31. The minimum Gasteiger partial charge on any atom is -0.457 e. The molecular formula is C15H17NO3S. The van der Waals surface area contributed by atoms with Gasteiger partial charge in [-0.25, -0.2) is 8.42 Å². The van der Waals surface area contributed by atoms with Gasteiger partial charge in [0.1, 0.15) is 11.5 Å². The molecule has 4 nitrogen and oxygen atoms in total. The van der Waals surface area contributed by atoms with Gasteiger partial charge in [-0.3, -0.25) is 4.72 Å². The summed E-state index contributed by atoms with van der Waals surface area (Å²) < 4.78 is 31.6. The third-order valence-corrected chi connectivity index (χ3v) is 4.48. The zero-order chi connectivity index (χ0) is 14.6. The van der Waals surface area contributed by atoms with Crippen molar-refractivity contribution in [3.63, 3.8) is 0 Å². The predicted octanol–water partition coefficient (Wildman–Crippen LogP) is 3.63. The molecule has 0 aliphatic heterocycles. The Kier molecular flexibility index (Phi) is 4.29. The first-order valence-corrected chi connectivity index (χ1v) is 7.86. The number of hydrogen-bond donors (Lipinski definition) is 1. The molecule has 2 rings (SSSR count). The molecule has 0 saturated carbocycles. The van der Waals surface area contributed by atoms with Crippen molar-refractivity contribution in [3.8, 4) is 11.5 Å². The molecule has 106 valence electrons. The fraction of sp³-hybridized carbons (Fsp3) is 0.200. The first-order valence-electron chi connectivity index (χ1n) is 6.32. The largest absolute Gasteiger partial charge is 0.457 e. The smallest absolute Gasteiger partial charge is 0.235 e. The molecule has 1 N–H and O–H groups in total. The Morgan fingerprint density at radius 1 is 0.900 bits per heavy atom. The van der Waals surface area contributed by atoms with Crippen LogP contribution in [0, 0.1) is 0 Å². The number of rotatable bonds is 5. The maximum Gasteiger partial charge on any atom is 0.235 e. The van der Waals surface area contributed by atoms with Gasteiger partial charge in [0.15, 0.2) is 0 Å². The van der Waals surface area contributed by atoms with Gasteiger partial charge in [-0.2, -0.15) is 0 Å². The van der Waals surface area contributed by atoms with Crippen LogP contribution in [0.15, 0.2) is 54.6 Å². The molecule has 0 heterocycles. The minimum absolute atomic E-state index is 0.470. The van der Waals surface area contributed by atoms with E-state index in [0.717, 1.165) is 5.75 Å². The molecular weight excluding hydrogens is 274 g/mol. The van der Waals surface area contributed by atoms with Crippen LogP contribution in [0.4, 0.5) is 5.69 Å². The highest BCUT2D eigenvalue weighted by Crippen LogP contribution is 2.23. The lowest BCUT2D eigenvalue weighted by Crippen LogP contribution is -2.22. The Labute approximate surface area is 119 Å². The number of nitrogens with one attached hydrogen (secondary N) is 1. The summed E-state index contributed by atoms with van der Waals surface area (Å²) >= 11 is 0. The van der Waals surface area contributed by atoms with Crippen LogP contribution in [0.25, 0.3) is 0 Å². The molecule has 0 aliphatic rings. The third-order valence-electron chi connectivity index (χ3n) is 2.71. The summed E-state index contributed by atoms with van der Waals surface area (Å²) in [6, 6.07) is 16.2. The Balaban J connectivity index is 2.07. The number of anilines is 1. The lowest BCUT2D eigenvalue weighted by Gasteiger charge is -2.11. The fourth-order valence-electron chi connectivity index (χ4n) is 1.50. The van der Waals surface area contributed by atoms with Crippen molar-refractivity contribution in [3.05, 3.63) is 54.6 Å². The van der Waals surface area contributed by atoms with Gasteiger partial charge >= 0.3 is 0 Å².